The van der Waals surface area contributed by atoms with Crippen molar-refractivity contribution >= 4 is 10.9 Å². The van der Waals surface area contributed by atoms with Crippen LogP contribution < -0.4 is 11.5 Å². The van der Waals surface area contributed by atoms with Crippen molar-refractivity contribution in [3.8, 4) is 0 Å². The molecule has 0 amide bonds. The van der Waals surface area contributed by atoms with Crippen molar-refractivity contribution in [2.45, 2.75) is 6.04 Å². The third-order valence-corrected chi connectivity index (χ3v) is 2.11. The molecule has 0 aromatic carbocycles. The zero-order valence-electron chi connectivity index (χ0n) is 7.20. The van der Waals surface area contributed by atoms with E-state index < -0.39 is 0 Å². The molecule has 2 rings (SSSR count). The van der Waals surface area contributed by atoms with Gasteiger partial charge < -0.3 is 16.5 Å². The van der Waals surface area contributed by atoms with Crippen LogP contribution in [-0.4, -0.2) is 16.5 Å². The first-order valence-corrected chi connectivity index (χ1v) is 4.20. The Morgan fingerprint density at radius 2 is 2.31 bits per heavy atom. The van der Waals surface area contributed by atoms with Crippen LogP contribution in [0.15, 0.2) is 24.5 Å². The predicted octanol–water partition coefficient (Wildman–Crippen LogP) is 0.521. The Labute approximate surface area is 76.0 Å². The highest BCUT2D eigenvalue weighted by Gasteiger charge is 2.09. The van der Waals surface area contributed by atoms with Gasteiger partial charge >= 0.3 is 0 Å². The van der Waals surface area contributed by atoms with Crippen molar-refractivity contribution in [1.82, 2.24) is 9.97 Å². The van der Waals surface area contributed by atoms with Crippen LogP contribution in [0.2, 0.25) is 0 Å². The molecule has 0 unspecified atom stereocenters. The quantitative estimate of drug-likeness (QED) is 0.624. The molecule has 0 fully saturated rings. The van der Waals surface area contributed by atoms with E-state index in [-0.39, 0.29) is 6.04 Å². The van der Waals surface area contributed by atoms with E-state index in [9.17, 15) is 0 Å². The summed E-state index contributed by atoms with van der Waals surface area (Å²) in [6.07, 6.45) is 3.61. The van der Waals surface area contributed by atoms with Crippen LogP contribution in [0, 0.1) is 0 Å². The first-order chi connectivity index (χ1) is 6.33. The maximum atomic E-state index is 5.82. The van der Waals surface area contributed by atoms with E-state index in [1.54, 1.807) is 6.20 Å². The number of hydrogen-bond donors (Lipinski definition) is 3. The molecular weight excluding hydrogens is 164 g/mol. The van der Waals surface area contributed by atoms with Crippen LogP contribution in [0.1, 0.15) is 11.7 Å². The van der Waals surface area contributed by atoms with E-state index in [2.05, 4.69) is 9.97 Å². The van der Waals surface area contributed by atoms with Crippen LogP contribution in [0.25, 0.3) is 10.9 Å². The largest absolute Gasteiger partial charge is 0.361 e. The van der Waals surface area contributed by atoms with Crippen LogP contribution in [0.3, 0.4) is 0 Å². The second-order valence-electron chi connectivity index (χ2n) is 2.98. The Morgan fingerprint density at radius 3 is 3.08 bits per heavy atom. The fourth-order valence-electron chi connectivity index (χ4n) is 1.41. The lowest BCUT2D eigenvalue weighted by molar-refractivity contribution is 0.719. The summed E-state index contributed by atoms with van der Waals surface area (Å²) in [5.74, 6) is 0. The Hall–Kier alpha value is -1.39. The summed E-state index contributed by atoms with van der Waals surface area (Å²) in [6.45, 7) is 0.414. The number of fused-ring (bicyclic) bond motifs is 1. The summed E-state index contributed by atoms with van der Waals surface area (Å²) >= 11 is 0. The third kappa shape index (κ3) is 1.30. The summed E-state index contributed by atoms with van der Waals surface area (Å²) in [5.41, 5.74) is 13.2. The number of nitrogens with two attached hydrogens (primary N) is 2. The van der Waals surface area contributed by atoms with E-state index in [1.165, 1.54) is 0 Å². The van der Waals surface area contributed by atoms with Gasteiger partial charge in [0.15, 0.2) is 0 Å². The first kappa shape index (κ1) is 8.22. The van der Waals surface area contributed by atoms with E-state index in [0.717, 1.165) is 16.6 Å². The summed E-state index contributed by atoms with van der Waals surface area (Å²) in [5, 5.41) is 1.06. The number of pyridine rings is 1. The Morgan fingerprint density at radius 1 is 1.46 bits per heavy atom. The van der Waals surface area contributed by atoms with Gasteiger partial charge in [-0.1, -0.05) is 0 Å². The van der Waals surface area contributed by atoms with Crippen molar-refractivity contribution in [3.63, 3.8) is 0 Å². The molecule has 0 aliphatic carbocycles. The molecule has 0 saturated heterocycles. The normalized spacial score (nSPS) is 13.4. The average molecular weight is 176 g/mol. The van der Waals surface area contributed by atoms with E-state index in [4.69, 9.17) is 11.5 Å². The molecule has 0 aliphatic heterocycles. The number of H-pyrrole nitrogens is 1. The molecule has 0 aliphatic rings. The number of aromatic amines is 1. The summed E-state index contributed by atoms with van der Waals surface area (Å²) < 4.78 is 0. The minimum absolute atomic E-state index is 0.181. The molecule has 0 spiro atoms. The number of hydrogen-bond acceptors (Lipinski definition) is 3. The van der Waals surface area contributed by atoms with Crippen molar-refractivity contribution < 1.29 is 0 Å². The third-order valence-electron chi connectivity index (χ3n) is 2.11. The zero-order chi connectivity index (χ0) is 9.26. The van der Waals surface area contributed by atoms with Gasteiger partial charge in [-0.25, -0.2) is 0 Å². The average Bonchev–Trinajstić information content (AvgIpc) is 2.63. The lowest BCUT2D eigenvalue weighted by Gasteiger charge is -2.08. The molecule has 2 aromatic rings. The van der Waals surface area contributed by atoms with Crippen LogP contribution in [-0.2, 0) is 0 Å². The van der Waals surface area contributed by atoms with Gasteiger partial charge in [0.1, 0.15) is 0 Å². The van der Waals surface area contributed by atoms with E-state index in [1.807, 2.05) is 18.3 Å². The number of nitrogens with one attached hydrogen (secondary N) is 1. The molecule has 1 atom stereocenters. The SMILES string of the molecule is NC[C@@H](N)c1nccc2[nH]ccc12. The molecule has 5 N–H and O–H groups in total. The molecule has 13 heavy (non-hydrogen) atoms. The molecule has 68 valence electrons. The van der Waals surface area contributed by atoms with Gasteiger partial charge in [0.2, 0.25) is 0 Å². The monoisotopic (exact) mass is 176 g/mol. The number of nitrogens with zero attached hydrogens (tertiary/aromatic N) is 1. The lowest BCUT2D eigenvalue weighted by atomic mass is 10.1. The predicted molar refractivity (Wildman–Crippen MR) is 52.1 cm³/mol. The molecule has 2 aromatic heterocycles. The van der Waals surface area contributed by atoms with Gasteiger partial charge in [-0.3, -0.25) is 4.98 Å². The van der Waals surface area contributed by atoms with E-state index >= 15 is 0 Å². The van der Waals surface area contributed by atoms with Crippen molar-refractivity contribution in [2.75, 3.05) is 6.54 Å². The Bertz CT molecular complexity index is 407. The minimum Gasteiger partial charge on any atom is -0.361 e. The number of rotatable bonds is 2. The highest BCUT2D eigenvalue weighted by molar-refractivity contribution is 5.81. The first-order valence-electron chi connectivity index (χ1n) is 4.20. The fraction of sp³-hybridized carbons (Fsp3) is 0.222. The van der Waals surface area contributed by atoms with Crippen LogP contribution >= 0.6 is 0 Å². The van der Waals surface area contributed by atoms with Crippen LogP contribution in [0.5, 0.6) is 0 Å². The minimum atomic E-state index is -0.181. The highest BCUT2D eigenvalue weighted by atomic mass is 14.8. The topological polar surface area (TPSA) is 80.7 Å². The summed E-state index contributed by atoms with van der Waals surface area (Å²) in [7, 11) is 0. The molecule has 2 heterocycles. The van der Waals surface area contributed by atoms with Crippen molar-refractivity contribution in [1.29, 1.82) is 0 Å². The molecule has 0 bridgehead atoms. The zero-order valence-corrected chi connectivity index (χ0v) is 7.20. The van der Waals surface area contributed by atoms with Crippen LogP contribution in [0.4, 0.5) is 0 Å². The lowest BCUT2D eigenvalue weighted by Crippen LogP contribution is -2.21. The second kappa shape index (κ2) is 3.16. The molecule has 4 heteroatoms. The molecule has 4 nitrogen and oxygen atoms in total. The summed E-state index contributed by atoms with van der Waals surface area (Å²) in [6, 6.07) is 3.70. The van der Waals surface area contributed by atoms with Gasteiger partial charge in [0.25, 0.3) is 0 Å². The maximum absolute atomic E-state index is 5.82. The Balaban J connectivity index is 2.60. The smallest absolute Gasteiger partial charge is 0.0677 e. The van der Waals surface area contributed by atoms with Gasteiger partial charge in [-0.05, 0) is 12.1 Å². The molecular formula is C9H12N4. The maximum Gasteiger partial charge on any atom is 0.0677 e. The van der Waals surface area contributed by atoms with E-state index in [0.29, 0.717) is 6.54 Å². The molecule has 0 saturated carbocycles. The van der Waals surface area contributed by atoms with Gasteiger partial charge in [0, 0.05) is 29.8 Å². The highest BCUT2D eigenvalue weighted by Crippen LogP contribution is 2.18. The fourth-order valence-corrected chi connectivity index (χ4v) is 1.41. The van der Waals surface area contributed by atoms with Gasteiger partial charge in [0.05, 0.1) is 11.7 Å². The number of aromatic nitrogens is 2. The van der Waals surface area contributed by atoms with Crippen molar-refractivity contribution in [3.05, 3.63) is 30.2 Å². The second-order valence-corrected chi connectivity index (χ2v) is 2.98. The molecule has 0 radical (unpaired) electrons. The summed E-state index contributed by atoms with van der Waals surface area (Å²) in [4.78, 5) is 7.33. The Kier molecular flexibility index (Phi) is 2.00. The van der Waals surface area contributed by atoms with Crippen molar-refractivity contribution in [2.24, 2.45) is 11.5 Å². The van der Waals surface area contributed by atoms with Gasteiger partial charge in [-0.2, -0.15) is 0 Å². The van der Waals surface area contributed by atoms with Gasteiger partial charge in [-0.15, -0.1) is 0 Å². The standard InChI is InChI=1S/C9H12N4/c10-5-7(11)9-6-1-3-12-8(6)2-4-13-9/h1-4,7,12H,5,10-11H2/t7-/m1/s1.